The van der Waals surface area contributed by atoms with Crippen molar-refractivity contribution in [2.45, 2.75) is 57.4 Å². The van der Waals surface area contributed by atoms with Crippen LogP contribution in [0.4, 0.5) is 0 Å². The van der Waals surface area contributed by atoms with Gasteiger partial charge in [-0.15, -0.1) is 0 Å². The highest BCUT2D eigenvalue weighted by atomic mass is 14.9. The summed E-state index contributed by atoms with van der Waals surface area (Å²) < 4.78 is 0. The summed E-state index contributed by atoms with van der Waals surface area (Å²) >= 11 is 0. The van der Waals surface area contributed by atoms with E-state index in [1.165, 1.54) is 32.1 Å². The van der Waals surface area contributed by atoms with E-state index in [0.717, 1.165) is 19.0 Å². The summed E-state index contributed by atoms with van der Waals surface area (Å²) in [7, 11) is 0. The second-order valence-corrected chi connectivity index (χ2v) is 5.83. The number of rotatable bonds is 1. The predicted octanol–water partition coefficient (Wildman–Crippen LogP) is 3.94. The lowest BCUT2D eigenvalue weighted by Gasteiger charge is -2.27. The van der Waals surface area contributed by atoms with Crippen LogP contribution in [0.3, 0.4) is 0 Å². The summed E-state index contributed by atoms with van der Waals surface area (Å²) in [5.74, 6) is 1.52. The summed E-state index contributed by atoms with van der Waals surface area (Å²) in [6, 6.07) is 7.27. The molecule has 0 spiro atoms. The first-order chi connectivity index (χ1) is 8.34. The van der Waals surface area contributed by atoms with Gasteiger partial charge in [0.05, 0.1) is 0 Å². The monoisotopic (exact) mass is 229 g/mol. The molecule has 1 aliphatic carbocycles. The van der Waals surface area contributed by atoms with Crippen LogP contribution in [0.25, 0.3) is 0 Å². The van der Waals surface area contributed by atoms with Gasteiger partial charge in [-0.3, -0.25) is 0 Å². The van der Waals surface area contributed by atoms with E-state index in [0.29, 0.717) is 5.92 Å². The Hall–Kier alpha value is -0.820. The smallest absolute Gasteiger partial charge is 0.0208 e. The Morgan fingerprint density at radius 2 is 1.94 bits per heavy atom. The van der Waals surface area contributed by atoms with Crippen LogP contribution in [0.15, 0.2) is 18.2 Å². The molecule has 1 N–H and O–H groups in total. The second-order valence-electron chi connectivity index (χ2n) is 5.83. The van der Waals surface area contributed by atoms with E-state index in [-0.39, 0.29) is 0 Å². The quantitative estimate of drug-likeness (QED) is 0.769. The molecule has 0 amide bonds. The molecule has 1 unspecified atom stereocenters. The maximum Gasteiger partial charge on any atom is 0.0208 e. The molecule has 92 valence electrons. The lowest BCUT2D eigenvalue weighted by atomic mass is 9.81. The third-order valence-corrected chi connectivity index (χ3v) is 4.54. The molecule has 1 aliphatic heterocycles. The summed E-state index contributed by atoms with van der Waals surface area (Å²) in [6.07, 6.45) is 7.11. The number of nitrogens with one attached hydrogen (secondary N) is 1. The summed E-state index contributed by atoms with van der Waals surface area (Å²) in [6.45, 7) is 4.53. The van der Waals surface area contributed by atoms with Crippen molar-refractivity contribution < 1.29 is 0 Å². The lowest BCUT2D eigenvalue weighted by Crippen LogP contribution is -2.26. The van der Waals surface area contributed by atoms with Gasteiger partial charge in [0, 0.05) is 13.1 Å². The van der Waals surface area contributed by atoms with Gasteiger partial charge in [-0.25, -0.2) is 0 Å². The van der Waals surface area contributed by atoms with E-state index in [1.807, 2.05) is 0 Å². The van der Waals surface area contributed by atoms with Crippen LogP contribution in [-0.2, 0) is 6.54 Å². The number of fused-ring (bicyclic) bond motifs is 1. The van der Waals surface area contributed by atoms with E-state index in [2.05, 4.69) is 30.4 Å². The molecule has 1 aromatic carbocycles. The molecule has 0 aromatic heterocycles. The predicted molar refractivity (Wildman–Crippen MR) is 72.4 cm³/mol. The first-order valence-corrected chi connectivity index (χ1v) is 7.18. The van der Waals surface area contributed by atoms with E-state index in [1.54, 1.807) is 16.7 Å². The Balaban J connectivity index is 1.86. The Labute approximate surface area is 105 Å². The molecule has 1 saturated carbocycles. The molecule has 0 saturated heterocycles. The average molecular weight is 229 g/mol. The molecular weight excluding hydrogens is 206 g/mol. The molecule has 1 heterocycles. The van der Waals surface area contributed by atoms with Gasteiger partial charge in [0.1, 0.15) is 0 Å². The zero-order valence-electron chi connectivity index (χ0n) is 10.8. The standard InChI is InChI=1S/C16H23N/c1-12-10-17-11-15-9-14(7-8-16(12)15)13-5-3-2-4-6-13/h7-9,12-13,17H,2-6,10-11H2,1H3. The number of hydrogen-bond donors (Lipinski definition) is 1. The van der Waals surface area contributed by atoms with E-state index >= 15 is 0 Å². The topological polar surface area (TPSA) is 12.0 Å². The molecular formula is C16H23N. The Kier molecular flexibility index (Phi) is 3.19. The zero-order valence-corrected chi connectivity index (χ0v) is 10.8. The van der Waals surface area contributed by atoms with E-state index in [9.17, 15) is 0 Å². The Morgan fingerprint density at radius 3 is 2.76 bits per heavy atom. The van der Waals surface area contributed by atoms with Crippen LogP contribution in [0, 0.1) is 0 Å². The molecule has 3 rings (SSSR count). The van der Waals surface area contributed by atoms with Gasteiger partial charge < -0.3 is 5.32 Å². The average Bonchev–Trinajstić information content (AvgIpc) is 2.40. The Bertz CT molecular complexity index is 391. The fourth-order valence-electron chi connectivity index (χ4n) is 3.48. The minimum Gasteiger partial charge on any atom is -0.312 e. The van der Waals surface area contributed by atoms with Crippen LogP contribution in [-0.4, -0.2) is 6.54 Å². The van der Waals surface area contributed by atoms with Crippen LogP contribution in [0.5, 0.6) is 0 Å². The molecule has 17 heavy (non-hydrogen) atoms. The van der Waals surface area contributed by atoms with E-state index < -0.39 is 0 Å². The van der Waals surface area contributed by atoms with Crippen LogP contribution in [0.2, 0.25) is 0 Å². The zero-order chi connectivity index (χ0) is 11.7. The van der Waals surface area contributed by atoms with Gasteiger partial charge >= 0.3 is 0 Å². The minimum atomic E-state index is 0.680. The molecule has 1 heteroatoms. The molecule has 1 nitrogen and oxygen atoms in total. The molecule has 1 fully saturated rings. The highest BCUT2D eigenvalue weighted by Gasteiger charge is 2.19. The number of benzene rings is 1. The highest BCUT2D eigenvalue weighted by Crippen LogP contribution is 2.34. The maximum atomic E-state index is 3.52. The normalized spacial score (nSPS) is 25.6. The molecule has 1 aromatic rings. The molecule has 0 radical (unpaired) electrons. The second kappa shape index (κ2) is 4.81. The van der Waals surface area contributed by atoms with Crippen molar-refractivity contribution in [1.82, 2.24) is 5.32 Å². The van der Waals surface area contributed by atoms with Gasteiger partial charge in [0.25, 0.3) is 0 Å². The van der Waals surface area contributed by atoms with Crippen molar-refractivity contribution in [2.24, 2.45) is 0 Å². The molecule has 2 aliphatic rings. The van der Waals surface area contributed by atoms with Crippen LogP contribution < -0.4 is 5.32 Å². The van der Waals surface area contributed by atoms with Gasteiger partial charge in [0.15, 0.2) is 0 Å². The lowest BCUT2D eigenvalue weighted by molar-refractivity contribution is 0.442. The van der Waals surface area contributed by atoms with Crippen molar-refractivity contribution in [3.63, 3.8) is 0 Å². The minimum absolute atomic E-state index is 0.680. The summed E-state index contributed by atoms with van der Waals surface area (Å²) in [4.78, 5) is 0. The van der Waals surface area contributed by atoms with Crippen LogP contribution >= 0.6 is 0 Å². The third-order valence-electron chi connectivity index (χ3n) is 4.54. The van der Waals surface area contributed by atoms with Crippen molar-refractivity contribution >= 4 is 0 Å². The number of hydrogen-bond acceptors (Lipinski definition) is 1. The van der Waals surface area contributed by atoms with Gasteiger partial charge in [-0.2, -0.15) is 0 Å². The highest BCUT2D eigenvalue weighted by molar-refractivity contribution is 5.37. The summed E-state index contributed by atoms with van der Waals surface area (Å²) in [5.41, 5.74) is 4.72. The molecule has 0 bridgehead atoms. The van der Waals surface area contributed by atoms with Crippen molar-refractivity contribution in [2.75, 3.05) is 6.54 Å². The third kappa shape index (κ3) is 2.26. The first kappa shape index (κ1) is 11.3. The van der Waals surface area contributed by atoms with Crippen LogP contribution in [0.1, 0.15) is 67.6 Å². The van der Waals surface area contributed by atoms with Crippen molar-refractivity contribution in [3.8, 4) is 0 Å². The Morgan fingerprint density at radius 1 is 1.12 bits per heavy atom. The maximum absolute atomic E-state index is 3.52. The fraction of sp³-hybridized carbons (Fsp3) is 0.625. The van der Waals surface area contributed by atoms with Gasteiger partial charge in [-0.1, -0.05) is 44.4 Å². The van der Waals surface area contributed by atoms with Gasteiger partial charge in [-0.05, 0) is 41.4 Å². The van der Waals surface area contributed by atoms with Crippen molar-refractivity contribution in [3.05, 3.63) is 34.9 Å². The molecule has 1 atom stereocenters. The van der Waals surface area contributed by atoms with Gasteiger partial charge in [0.2, 0.25) is 0 Å². The largest absolute Gasteiger partial charge is 0.312 e. The summed E-state index contributed by atoms with van der Waals surface area (Å²) in [5, 5.41) is 3.52. The first-order valence-electron chi connectivity index (χ1n) is 7.18. The SMILES string of the molecule is CC1CNCc2cc(C3CCCCC3)ccc21. The van der Waals surface area contributed by atoms with Crippen molar-refractivity contribution in [1.29, 1.82) is 0 Å². The fourth-order valence-corrected chi connectivity index (χ4v) is 3.48. The van der Waals surface area contributed by atoms with E-state index in [4.69, 9.17) is 0 Å².